The van der Waals surface area contributed by atoms with Gasteiger partial charge in [-0.25, -0.2) is 0 Å². The van der Waals surface area contributed by atoms with Crippen LogP contribution in [-0.4, -0.2) is 30.6 Å². The van der Waals surface area contributed by atoms with E-state index >= 15 is 0 Å². The summed E-state index contributed by atoms with van der Waals surface area (Å²) in [5.41, 5.74) is 1.10. The van der Waals surface area contributed by atoms with Crippen LogP contribution in [0.4, 0.5) is 0 Å². The highest BCUT2D eigenvalue weighted by Gasteiger charge is 2.04. The molecule has 0 amide bonds. The topological polar surface area (TPSA) is 49.3 Å². The van der Waals surface area contributed by atoms with Crippen molar-refractivity contribution in [1.82, 2.24) is 15.6 Å². The van der Waals surface area contributed by atoms with Gasteiger partial charge in [-0.1, -0.05) is 38.7 Å². The van der Waals surface area contributed by atoms with Crippen molar-refractivity contribution in [2.75, 3.05) is 13.6 Å². The highest BCUT2D eigenvalue weighted by atomic mass is 127. The minimum Gasteiger partial charge on any atom is -0.356 e. The third kappa shape index (κ3) is 9.97. The van der Waals surface area contributed by atoms with Crippen molar-refractivity contribution in [1.29, 1.82) is 0 Å². The van der Waals surface area contributed by atoms with Crippen molar-refractivity contribution in [3.63, 3.8) is 0 Å². The molecule has 0 aliphatic rings. The highest BCUT2D eigenvalue weighted by molar-refractivity contribution is 14.0. The van der Waals surface area contributed by atoms with Gasteiger partial charge in [0, 0.05) is 37.9 Å². The van der Waals surface area contributed by atoms with Gasteiger partial charge < -0.3 is 10.6 Å². The van der Waals surface area contributed by atoms with Gasteiger partial charge in [-0.05, 0) is 25.5 Å². The maximum atomic E-state index is 4.32. The summed E-state index contributed by atoms with van der Waals surface area (Å²) in [4.78, 5) is 8.60. The molecule has 0 aliphatic carbocycles. The molecule has 0 aliphatic heterocycles. The van der Waals surface area contributed by atoms with Crippen LogP contribution in [0.3, 0.4) is 0 Å². The van der Waals surface area contributed by atoms with E-state index in [2.05, 4.69) is 34.5 Å². The summed E-state index contributed by atoms with van der Waals surface area (Å²) in [5.74, 6) is 0.883. The Balaban J connectivity index is 0.00000441. The van der Waals surface area contributed by atoms with Gasteiger partial charge in [0.2, 0.25) is 0 Å². The molecule has 0 aromatic carbocycles. The predicted octanol–water partition coefficient (Wildman–Crippen LogP) is 3.77. The van der Waals surface area contributed by atoms with Crippen LogP contribution >= 0.6 is 24.0 Å². The summed E-state index contributed by atoms with van der Waals surface area (Å²) in [6.07, 6.45) is 9.18. The number of aromatic nitrogens is 1. The van der Waals surface area contributed by atoms with E-state index in [1.807, 2.05) is 31.4 Å². The average molecular weight is 418 g/mol. The second-order valence-electron chi connectivity index (χ2n) is 5.46. The number of nitrogens with one attached hydrogen (secondary N) is 2. The molecule has 1 atom stereocenters. The van der Waals surface area contributed by atoms with Crippen LogP contribution in [-0.2, 0) is 6.42 Å². The van der Waals surface area contributed by atoms with Crippen molar-refractivity contribution in [2.24, 2.45) is 4.99 Å². The van der Waals surface area contributed by atoms with Gasteiger partial charge in [-0.3, -0.25) is 9.98 Å². The molecule has 0 bridgehead atoms. The zero-order valence-corrected chi connectivity index (χ0v) is 16.5. The van der Waals surface area contributed by atoms with Gasteiger partial charge in [0.05, 0.1) is 0 Å². The van der Waals surface area contributed by atoms with E-state index < -0.39 is 0 Å². The first kappa shape index (κ1) is 21.1. The lowest BCUT2D eigenvalue weighted by atomic mass is 10.1. The number of guanidine groups is 1. The molecule has 1 heterocycles. The normalized spacial score (nSPS) is 12.4. The smallest absolute Gasteiger partial charge is 0.191 e. The summed E-state index contributed by atoms with van der Waals surface area (Å²) in [6.45, 7) is 5.31. The van der Waals surface area contributed by atoms with Crippen molar-refractivity contribution in [3.05, 3.63) is 30.1 Å². The molecule has 1 aromatic heterocycles. The molecule has 0 spiro atoms. The molecule has 0 saturated heterocycles. The number of rotatable bonds is 9. The number of hydrogen-bond donors (Lipinski definition) is 2. The number of hydrogen-bond acceptors (Lipinski definition) is 2. The van der Waals surface area contributed by atoms with Gasteiger partial charge >= 0.3 is 0 Å². The van der Waals surface area contributed by atoms with Crippen molar-refractivity contribution in [3.8, 4) is 0 Å². The van der Waals surface area contributed by atoms with Crippen LogP contribution in [0.2, 0.25) is 0 Å². The van der Waals surface area contributed by atoms with Crippen molar-refractivity contribution >= 4 is 29.9 Å². The highest BCUT2D eigenvalue weighted by Crippen LogP contribution is 2.05. The number of pyridine rings is 1. The minimum atomic E-state index is 0. The minimum absolute atomic E-state index is 0. The Morgan fingerprint density at radius 1 is 1.27 bits per heavy atom. The van der Waals surface area contributed by atoms with Crippen LogP contribution in [0.5, 0.6) is 0 Å². The van der Waals surface area contributed by atoms with Gasteiger partial charge in [-0.15, -0.1) is 24.0 Å². The fraction of sp³-hybridized carbons (Fsp3) is 0.647. The maximum absolute atomic E-state index is 4.32. The van der Waals surface area contributed by atoms with Gasteiger partial charge in [-0.2, -0.15) is 0 Å². The van der Waals surface area contributed by atoms with E-state index in [1.54, 1.807) is 0 Å². The molecular formula is C17H31IN4. The van der Waals surface area contributed by atoms with E-state index in [0.717, 1.165) is 24.6 Å². The first-order valence-corrected chi connectivity index (χ1v) is 8.13. The second kappa shape index (κ2) is 13.8. The molecule has 2 N–H and O–H groups in total. The third-order valence-electron chi connectivity index (χ3n) is 3.50. The number of halogens is 1. The average Bonchev–Trinajstić information content (AvgIpc) is 2.51. The van der Waals surface area contributed by atoms with Crippen LogP contribution in [0, 0.1) is 0 Å². The fourth-order valence-electron chi connectivity index (χ4n) is 2.23. The number of unbranched alkanes of at least 4 members (excludes halogenated alkanes) is 3. The zero-order valence-electron chi connectivity index (χ0n) is 14.1. The lowest BCUT2D eigenvalue weighted by molar-refractivity contribution is 0.537. The van der Waals surface area contributed by atoms with Crippen LogP contribution in [0.1, 0.15) is 51.6 Å². The first-order chi connectivity index (χ1) is 10.3. The summed E-state index contributed by atoms with van der Waals surface area (Å²) >= 11 is 0. The first-order valence-electron chi connectivity index (χ1n) is 8.13. The van der Waals surface area contributed by atoms with E-state index in [4.69, 9.17) is 0 Å². The molecule has 0 saturated carbocycles. The molecule has 1 aromatic rings. The lowest BCUT2D eigenvalue weighted by Gasteiger charge is -2.17. The molecule has 4 nitrogen and oxygen atoms in total. The quantitative estimate of drug-likeness (QED) is 0.278. The Hall–Kier alpha value is -0.850. The second-order valence-corrected chi connectivity index (χ2v) is 5.46. The Labute approximate surface area is 152 Å². The van der Waals surface area contributed by atoms with Crippen LogP contribution in [0.25, 0.3) is 0 Å². The molecular weight excluding hydrogens is 387 g/mol. The standard InChI is InChI=1S/C17H30N4.HI/c1-4-5-6-7-10-15(2)21-17(18-3)20-14-12-16-11-8-9-13-19-16;/h8-9,11,13,15H,4-7,10,12,14H2,1-3H3,(H2,18,20,21);1H. The van der Waals surface area contributed by atoms with E-state index in [1.165, 1.54) is 32.1 Å². The van der Waals surface area contributed by atoms with E-state index in [0.29, 0.717) is 6.04 Å². The van der Waals surface area contributed by atoms with Gasteiger partial charge in [0.15, 0.2) is 5.96 Å². The fourth-order valence-corrected chi connectivity index (χ4v) is 2.23. The summed E-state index contributed by atoms with van der Waals surface area (Å²) < 4.78 is 0. The molecule has 0 radical (unpaired) electrons. The molecule has 1 unspecified atom stereocenters. The molecule has 5 heteroatoms. The Bertz CT molecular complexity index is 395. The molecule has 0 fully saturated rings. The number of aliphatic imine (C=N–C) groups is 1. The van der Waals surface area contributed by atoms with E-state index in [9.17, 15) is 0 Å². The summed E-state index contributed by atoms with van der Waals surface area (Å²) in [7, 11) is 1.82. The van der Waals surface area contributed by atoms with Crippen molar-refractivity contribution < 1.29 is 0 Å². The van der Waals surface area contributed by atoms with E-state index in [-0.39, 0.29) is 24.0 Å². The van der Waals surface area contributed by atoms with Crippen LogP contribution < -0.4 is 10.6 Å². The van der Waals surface area contributed by atoms with Crippen molar-refractivity contribution in [2.45, 2.75) is 58.4 Å². The Morgan fingerprint density at radius 3 is 2.73 bits per heavy atom. The molecule has 126 valence electrons. The summed E-state index contributed by atoms with van der Waals surface area (Å²) in [5, 5.41) is 6.80. The monoisotopic (exact) mass is 418 g/mol. The SMILES string of the molecule is CCCCCCC(C)NC(=NC)NCCc1ccccn1.I. The Morgan fingerprint density at radius 2 is 2.09 bits per heavy atom. The molecule has 1 rings (SSSR count). The lowest BCUT2D eigenvalue weighted by Crippen LogP contribution is -2.42. The van der Waals surface area contributed by atoms with Crippen LogP contribution in [0.15, 0.2) is 29.4 Å². The Kier molecular flexibility index (Phi) is 13.3. The predicted molar refractivity (Wildman–Crippen MR) is 106 cm³/mol. The maximum Gasteiger partial charge on any atom is 0.191 e. The van der Waals surface area contributed by atoms with Gasteiger partial charge in [0.25, 0.3) is 0 Å². The zero-order chi connectivity index (χ0) is 15.3. The number of nitrogens with zero attached hydrogens (tertiary/aromatic N) is 2. The molecule has 22 heavy (non-hydrogen) atoms. The summed E-state index contributed by atoms with van der Waals surface area (Å²) in [6, 6.07) is 6.47. The van der Waals surface area contributed by atoms with Gasteiger partial charge in [0.1, 0.15) is 0 Å². The largest absolute Gasteiger partial charge is 0.356 e. The third-order valence-corrected chi connectivity index (χ3v) is 3.50.